The molecule has 33 heavy (non-hydrogen) atoms. The van der Waals surface area contributed by atoms with Gasteiger partial charge in [0.1, 0.15) is 12.4 Å². The molecule has 1 unspecified atom stereocenters. The van der Waals surface area contributed by atoms with Gasteiger partial charge >= 0.3 is 0 Å². The van der Waals surface area contributed by atoms with Crippen molar-refractivity contribution in [1.82, 2.24) is 9.79 Å². The van der Waals surface area contributed by atoms with Gasteiger partial charge in [-0.15, -0.1) is 5.92 Å². The molecule has 1 atom stereocenters. The number of nitrogens with one attached hydrogen (secondary N) is 1. The molecule has 0 radical (unpaired) electrons. The van der Waals surface area contributed by atoms with E-state index in [9.17, 15) is 26.8 Å². The van der Waals surface area contributed by atoms with Crippen LogP contribution in [-0.2, 0) is 31.2 Å². The Bertz CT molecular complexity index is 1200. The Labute approximate surface area is 194 Å². The highest BCUT2D eigenvalue weighted by Gasteiger charge is 2.27. The molecule has 0 heterocycles. The third-order valence-electron chi connectivity index (χ3n) is 4.50. The minimum atomic E-state index is -3.88. The molecule has 178 valence electrons. The Morgan fingerprint density at radius 3 is 2.24 bits per heavy atom. The van der Waals surface area contributed by atoms with Crippen molar-refractivity contribution in [3.05, 3.63) is 59.7 Å². The third-order valence-corrected chi connectivity index (χ3v) is 6.92. The van der Waals surface area contributed by atoms with Crippen LogP contribution < -0.4 is 9.46 Å². The summed E-state index contributed by atoms with van der Waals surface area (Å²) in [4.78, 5) is 11.2. The normalized spacial score (nSPS) is 12.3. The van der Waals surface area contributed by atoms with Crippen LogP contribution in [0.5, 0.6) is 5.75 Å². The lowest BCUT2D eigenvalue weighted by Gasteiger charge is -2.23. The zero-order valence-electron chi connectivity index (χ0n) is 18.3. The van der Waals surface area contributed by atoms with Gasteiger partial charge in [0.05, 0.1) is 22.9 Å². The number of sulfone groups is 1. The molecule has 0 bridgehead atoms. The van der Waals surface area contributed by atoms with Gasteiger partial charge in [0, 0.05) is 13.0 Å². The molecule has 0 aliphatic heterocycles. The van der Waals surface area contributed by atoms with E-state index in [0.717, 1.165) is 6.26 Å². The van der Waals surface area contributed by atoms with Crippen LogP contribution in [0.3, 0.4) is 0 Å². The summed E-state index contributed by atoms with van der Waals surface area (Å²) < 4.78 is 56.1. The van der Waals surface area contributed by atoms with Gasteiger partial charge in [-0.25, -0.2) is 26.6 Å². The standard InChI is InChI=1S/C22H26N2O7S2/c1-3-4-5-14-31-20-10-12-21(13-11-20)33(29,30)16-22(24(26)17-25)19-8-6-18(7-9-19)15-23-32(2,27)28/h6-13,17,22-23,26H,3,14-16H2,1-2H3. The fourth-order valence-corrected chi connectivity index (χ4v) is 4.75. The predicted molar refractivity (Wildman–Crippen MR) is 123 cm³/mol. The molecule has 0 aliphatic carbocycles. The van der Waals surface area contributed by atoms with Crippen LogP contribution in [0.1, 0.15) is 30.5 Å². The van der Waals surface area contributed by atoms with Gasteiger partial charge in [-0.3, -0.25) is 10.0 Å². The van der Waals surface area contributed by atoms with E-state index >= 15 is 0 Å². The first kappa shape index (κ1) is 26.3. The predicted octanol–water partition coefficient (Wildman–Crippen LogP) is 1.89. The van der Waals surface area contributed by atoms with Crippen LogP contribution in [0.15, 0.2) is 53.4 Å². The van der Waals surface area contributed by atoms with Crippen LogP contribution in [0, 0.1) is 11.8 Å². The van der Waals surface area contributed by atoms with Gasteiger partial charge in [-0.2, -0.15) is 0 Å². The zero-order chi connectivity index (χ0) is 24.5. The lowest BCUT2D eigenvalue weighted by atomic mass is 10.1. The second-order valence-corrected chi connectivity index (χ2v) is 11.0. The van der Waals surface area contributed by atoms with Gasteiger partial charge in [0.2, 0.25) is 16.4 Å². The topological polar surface area (TPSA) is 130 Å². The second-order valence-electron chi connectivity index (χ2n) is 7.08. The molecule has 0 saturated heterocycles. The highest BCUT2D eigenvalue weighted by atomic mass is 32.2. The highest BCUT2D eigenvalue weighted by Crippen LogP contribution is 2.25. The summed E-state index contributed by atoms with van der Waals surface area (Å²) in [6.45, 7) is 2.16. The molecule has 9 nitrogen and oxygen atoms in total. The van der Waals surface area contributed by atoms with Gasteiger partial charge in [0.15, 0.2) is 9.84 Å². The summed E-state index contributed by atoms with van der Waals surface area (Å²) in [6.07, 6.45) is 1.88. The number of nitrogens with zero attached hydrogens (tertiary/aromatic N) is 1. The summed E-state index contributed by atoms with van der Waals surface area (Å²) in [5.41, 5.74) is 0.992. The maximum Gasteiger partial charge on any atom is 0.233 e. The van der Waals surface area contributed by atoms with E-state index in [0.29, 0.717) is 28.4 Å². The summed E-state index contributed by atoms with van der Waals surface area (Å²) in [6, 6.07) is 10.9. The number of sulfonamides is 1. The van der Waals surface area contributed by atoms with Crippen molar-refractivity contribution in [1.29, 1.82) is 0 Å². The number of carbonyl (C=O) groups excluding carboxylic acids is 1. The number of benzene rings is 2. The van der Waals surface area contributed by atoms with Crippen LogP contribution in [0.2, 0.25) is 0 Å². The molecule has 0 aliphatic rings. The van der Waals surface area contributed by atoms with Crippen LogP contribution in [0.25, 0.3) is 0 Å². The van der Waals surface area contributed by atoms with E-state index in [1.165, 1.54) is 36.4 Å². The highest BCUT2D eigenvalue weighted by molar-refractivity contribution is 7.91. The summed E-state index contributed by atoms with van der Waals surface area (Å²) in [5, 5.41) is 10.3. The van der Waals surface area contributed by atoms with E-state index in [1.54, 1.807) is 12.1 Å². The first-order valence-electron chi connectivity index (χ1n) is 9.93. The first-order valence-corrected chi connectivity index (χ1v) is 13.5. The van der Waals surface area contributed by atoms with Crippen molar-refractivity contribution in [3.8, 4) is 17.6 Å². The van der Waals surface area contributed by atoms with Crippen molar-refractivity contribution in [3.63, 3.8) is 0 Å². The van der Waals surface area contributed by atoms with Crippen LogP contribution in [0.4, 0.5) is 0 Å². The molecule has 2 aromatic carbocycles. The average Bonchev–Trinajstić information content (AvgIpc) is 2.79. The number of hydrogen-bond acceptors (Lipinski definition) is 7. The number of hydrogen-bond donors (Lipinski definition) is 2. The molecule has 0 saturated carbocycles. The van der Waals surface area contributed by atoms with E-state index in [4.69, 9.17) is 4.74 Å². The Hall–Kier alpha value is -2.91. The van der Waals surface area contributed by atoms with Crippen molar-refractivity contribution < 1.29 is 31.6 Å². The van der Waals surface area contributed by atoms with Gasteiger partial charge in [-0.1, -0.05) is 37.1 Å². The van der Waals surface area contributed by atoms with Crippen molar-refractivity contribution in [2.45, 2.75) is 30.8 Å². The number of ether oxygens (including phenoxy) is 1. The van der Waals surface area contributed by atoms with E-state index in [-0.39, 0.29) is 24.5 Å². The van der Waals surface area contributed by atoms with Crippen molar-refractivity contribution in [2.75, 3.05) is 18.6 Å². The smallest absolute Gasteiger partial charge is 0.233 e. The maximum absolute atomic E-state index is 12.9. The van der Waals surface area contributed by atoms with Gasteiger partial charge < -0.3 is 4.74 Å². The monoisotopic (exact) mass is 494 g/mol. The minimum absolute atomic E-state index is 0.00719. The molecular formula is C22H26N2O7S2. The maximum atomic E-state index is 12.9. The second kappa shape index (κ2) is 11.8. The molecule has 0 spiro atoms. The lowest BCUT2D eigenvalue weighted by Crippen LogP contribution is -2.30. The molecule has 2 aromatic rings. The first-order chi connectivity index (χ1) is 15.6. The van der Waals surface area contributed by atoms with Crippen LogP contribution >= 0.6 is 0 Å². The Kier molecular flexibility index (Phi) is 9.43. The fourth-order valence-electron chi connectivity index (χ4n) is 2.81. The largest absolute Gasteiger partial charge is 0.481 e. The molecule has 0 fully saturated rings. The molecule has 11 heteroatoms. The van der Waals surface area contributed by atoms with Crippen LogP contribution in [-0.4, -0.2) is 52.1 Å². The van der Waals surface area contributed by atoms with E-state index in [2.05, 4.69) is 16.6 Å². The number of amides is 1. The van der Waals surface area contributed by atoms with E-state index in [1.807, 2.05) is 6.92 Å². The van der Waals surface area contributed by atoms with Gasteiger partial charge in [-0.05, 0) is 35.4 Å². The molecule has 0 aromatic heterocycles. The third kappa shape index (κ3) is 8.51. The van der Waals surface area contributed by atoms with Crippen molar-refractivity contribution in [2.24, 2.45) is 0 Å². The Balaban J connectivity index is 2.17. The minimum Gasteiger partial charge on any atom is -0.481 e. The molecular weight excluding hydrogens is 468 g/mol. The van der Waals surface area contributed by atoms with E-state index < -0.39 is 31.7 Å². The lowest BCUT2D eigenvalue weighted by molar-refractivity contribution is -0.158. The summed E-state index contributed by atoms with van der Waals surface area (Å²) in [5.74, 6) is 5.59. The molecule has 1 amide bonds. The fraction of sp³-hybridized carbons (Fsp3) is 0.318. The summed E-state index contributed by atoms with van der Waals surface area (Å²) >= 11 is 0. The number of carbonyl (C=O) groups is 1. The average molecular weight is 495 g/mol. The quantitative estimate of drug-likeness (QED) is 0.211. The Morgan fingerprint density at radius 2 is 1.70 bits per heavy atom. The Morgan fingerprint density at radius 1 is 1.06 bits per heavy atom. The van der Waals surface area contributed by atoms with Crippen molar-refractivity contribution >= 4 is 26.3 Å². The molecule has 2 N–H and O–H groups in total. The summed E-state index contributed by atoms with van der Waals surface area (Å²) in [7, 11) is -7.26. The van der Waals surface area contributed by atoms with Gasteiger partial charge in [0.25, 0.3) is 0 Å². The number of hydroxylamine groups is 2. The zero-order valence-corrected chi connectivity index (χ0v) is 19.9. The number of rotatable bonds is 11. The SMILES string of the molecule is CCC#CCOc1ccc(S(=O)(=O)CC(c2ccc(CNS(C)(=O)=O)cc2)N(O)C=O)cc1. The molecule has 2 rings (SSSR count).